The molecule has 1 heterocycles. The van der Waals surface area contributed by atoms with Gasteiger partial charge in [-0.3, -0.25) is 9.69 Å². The highest BCUT2D eigenvalue weighted by atomic mass is 32.2. The smallest absolute Gasteiger partial charge is 0.223 e. The number of likely N-dealkylation sites (N-methyl/N-ethyl adjacent to an activating group) is 1. The molecule has 1 saturated heterocycles. The van der Waals surface area contributed by atoms with Gasteiger partial charge in [0, 0.05) is 31.8 Å². The lowest BCUT2D eigenvalue weighted by Gasteiger charge is -2.39. The van der Waals surface area contributed by atoms with Crippen molar-refractivity contribution in [2.75, 3.05) is 38.2 Å². The average molecular weight is 292 g/mol. The van der Waals surface area contributed by atoms with E-state index in [1.165, 1.54) is 5.56 Å². The van der Waals surface area contributed by atoms with Gasteiger partial charge in [-0.25, -0.2) is 0 Å². The van der Waals surface area contributed by atoms with Crippen molar-refractivity contribution >= 4 is 17.7 Å². The molecular weight excluding hydrogens is 268 g/mol. The molecule has 0 spiro atoms. The molecule has 1 unspecified atom stereocenters. The molecule has 2 rings (SSSR count). The van der Waals surface area contributed by atoms with Crippen molar-refractivity contribution in [2.45, 2.75) is 19.4 Å². The van der Waals surface area contributed by atoms with Crippen molar-refractivity contribution < 1.29 is 4.79 Å². The number of carbonyl (C=O) groups excluding carboxylic acids is 1. The second-order valence-electron chi connectivity index (χ2n) is 5.19. The highest BCUT2D eigenvalue weighted by Gasteiger charge is 2.27. The minimum absolute atomic E-state index is 0.306. The van der Waals surface area contributed by atoms with Crippen molar-refractivity contribution in [3.63, 3.8) is 0 Å². The van der Waals surface area contributed by atoms with Crippen molar-refractivity contribution in [2.24, 2.45) is 0 Å². The molecule has 0 N–H and O–H groups in total. The average Bonchev–Trinajstić information content (AvgIpc) is 2.49. The normalized spacial score (nSPS) is 20.1. The van der Waals surface area contributed by atoms with Gasteiger partial charge in [0.1, 0.15) is 0 Å². The maximum Gasteiger partial charge on any atom is 0.223 e. The van der Waals surface area contributed by atoms with E-state index in [-0.39, 0.29) is 0 Å². The topological polar surface area (TPSA) is 23.6 Å². The Hall–Kier alpha value is -1.00. The van der Waals surface area contributed by atoms with E-state index in [0.29, 0.717) is 18.4 Å². The molecule has 0 aliphatic carbocycles. The van der Waals surface area contributed by atoms with Crippen LogP contribution in [0.5, 0.6) is 0 Å². The number of benzene rings is 1. The summed E-state index contributed by atoms with van der Waals surface area (Å²) in [5.41, 5.74) is 1.30. The Bertz CT molecular complexity index is 424. The third-order valence-corrected chi connectivity index (χ3v) is 4.75. The summed E-state index contributed by atoms with van der Waals surface area (Å²) in [6.45, 7) is 4.76. The molecule has 0 aromatic heterocycles. The van der Waals surface area contributed by atoms with Gasteiger partial charge in [0.15, 0.2) is 0 Å². The van der Waals surface area contributed by atoms with Gasteiger partial charge in [-0.2, -0.15) is 11.8 Å². The van der Waals surface area contributed by atoms with Gasteiger partial charge >= 0.3 is 0 Å². The summed E-state index contributed by atoms with van der Waals surface area (Å²) >= 11 is 1.84. The van der Waals surface area contributed by atoms with Crippen molar-refractivity contribution in [3.8, 4) is 0 Å². The van der Waals surface area contributed by atoms with E-state index < -0.39 is 0 Å². The first-order valence-electron chi connectivity index (χ1n) is 7.33. The molecule has 1 atom stereocenters. The van der Waals surface area contributed by atoms with Crippen LogP contribution >= 0.6 is 11.8 Å². The summed E-state index contributed by atoms with van der Waals surface area (Å²) in [4.78, 5) is 16.6. The fraction of sp³-hybridized carbons (Fsp3) is 0.562. The van der Waals surface area contributed by atoms with Crippen LogP contribution in [-0.4, -0.2) is 53.9 Å². The number of thioether (sulfide) groups is 1. The number of nitrogens with zero attached hydrogens (tertiary/aromatic N) is 2. The Morgan fingerprint density at radius 1 is 1.30 bits per heavy atom. The van der Waals surface area contributed by atoms with Crippen LogP contribution in [0.1, 0.15) is 24.9 Å². The van der Waals surface area contributed by atoms with E-state index in [9.17, 15) is 4.79 Å². The molecule has 1 aromatic rings. The van der Waals surface area contributed by atoms with Crippen LogP contribution in [0.2, 0.25) is 0 Å². The number of hydrogen-bond donors (Lipinski definition) is 0. The van der Waals surface area contributed by atoms with E-state index in [0.717, 1.165) is 31.1 Å². The predicted molar refractivity (Wildman–Crippen MR) is 86.0 cm³/mol. The molecule has 1 fully saturated rings. The standard InChI is InChI=1S/C16H24N2OS/c1-3-20-12-9-16(19)18-11-10-17(2)15(13-18)14-7-5-4-6-8-14/h4-8,15H,3,9-13H2,1-2H3. The van der Waals surface area contributed by atoms with Gasteiger partial charge < -0.3 is 4.90 Å². The fourth-order valence-electron chi connectivity index (χ4n) is 2.60. The number of hydrogen-bond acceptors (Lipinski definition) is 3. The third kappa shape index (κ3) is 4.00. The monoisotopic (exact) mass is 292 g/mol. The van der Waals surface area contributed by atoms with Gasteiger partial charge in [0.25, 0.3) is 0 Å². The lowest BCUT2D eigenvalue weighted by molar-refractivity contribution is -0.133. The largest absolute Gasteiger partial charge is 0.339 e. The molecule has 4 heteroatoms. The summed E-state index contributed by atoms with van der Waals surface area (Å²) in [6.07, 6.45) is 0.670. The quantitative estimate of drug-likeness (QED) is 0.780. The number of carbonyl (C=O) groups is 1. The SMILES string of the molecule is CCSCCC(=O)N1CCN(C)C(c2ccccc2)C1. The number of piperazine rings is 1. The summed E-state index contributed by atoms with van der Waals surface area (Å²) < 4.78 is 0. The molecule has 110 valence electrons. The van der Waals surface area contributed by atoms with Crippen LogP contribution in [-0.2, 0) is 4.79 Å². The van der Waals surface area contributed by atoms with Gasteiger partial charge in [-0.05, 0) is 18.4 Å². The van der Waals surface area contributed by atoms with Crippen LogP contribution in [0.15, 0.2) is 30.3 Å². The zero-order valence-corrected chi connectivity index (χ0v) is 13.2. The Morgan fingerprint density at radius 3 is 2.75 bits per heavy atom. The molecule has 20 heavy (non-hydrogen) atoms. The lowest BCUT2D eigenvalue weighted by atomic mass is 10.0. The first kappa shape index (κ1) is 15.4. The van der Waals surface area contributed by atoms with Crippen molar-refractivity contribution in [1.29, 1.82) is 0 Å². The Labute approximate surface area is 126 Å². The third-order valence-electron chi connectivity index (χ3n) is 3.85. The molecule has 3 nitrogen and oxygen atoms in total. The first-order valence-corrected chi connectivity index (χ1v) is 8.48. The van der Waals surface area contributed by atoms with E-state index in [4.69, 9.17) is 0 Å². The minimum atomic E-state index is 0.306. The summed E-state index contributed by atoms with van der Waals surface area (Å²) in [5, 5.41) is 0. The molecule has 1 amide bonds. The molecule has 1 aliphatic rings. The van der Waals surface area contributed by atoms with Crippen LogP contribution in [0.4, 0.5) is 0 Å². The lowest BCUT2D eigenvalue weighted by Crippen LogP contribution is -2.49. The van der Waals surface area contributed by atoms with Gasteiger partial charge in [-0.1, -0.05) is 37.3 Å². The van der Waals surface area contributed by atoms with E-state index >= 15 is 0 Å². The molecular formula is C16H24N2OS. The van der Waals surface area contributed by atoms with Gasteiger partial charge in [0.2, 0.25) is 5.91 Å². The Morgan fingerprint density at radius 2 is 2.05 bits per heavy atom. The molecule has 1 aromatic carbocycles. The summed E-state index contributed by atoms with van der Waals surface area (Å²) in [5.74, 6) is 2.33. The van der Waals surface area contributed by atoms with Crippen LogP contribution in [0.25, 0.3) is 0 Å². The maximum atomic E-state index is 12.3. The molecule has 0 saturated carbocycles. The zero-order valence-electron chi connectivity index (χ0n) is 12.4. The second kappa shape index (κ2) is 7.70. The summed E-state index contributed by atoms with van der Waals surface area (Å²) in [6, 6.07) is 10.8. The Kier molecular flexibility index (Phi) is 5.92. The first-order chi connectivity index (χ1) is 9.72. The molecule has 1 aliphatic heterocycles. The Balaban J connectivity index is 1.96. The predicted octanol–water partition coefficient (Wildman–Crippen LogP) is 2.64. The van der Waals surface area contributed by atoms with Crippen LogP contribution in [0, 0.1) is 0 Å². The van der Waals surface area contributed by atoms with Crippen molar-refractivity contribution in [3.05, 3.63) is 35.9 Å². The van der Waals surface area contributed by atoms with E-state index in [2.05, 4.69) is 43.1 Å². The summed E-state index contributed by atoms with van der Waals surface area (Å²) in [7, 11) is 2.15. The maximum absolute atomic E-state index is 12.3. The molecule has 0 bridgehead atoms. The minimum Gasteiger partial charge on any atom is -0.339 e. The fourth-order valence-corrected chi connectivity index (χ4v) is 3.20. The van der Waals surface area contributed by atoms with Crippen molar-refractivity contribution in [1.82, 2.24) is 9.80 Å². The van der Waals surface area contributed by atoms with Crippen LogP contribution < -0.4 is 0 Å². The number of rotatable bonds is 5. The number of amides is 1. The van der Waals surface area contributed by atoms with Gasteiger partial charge in [-0.15, -0.1) is 0 Å². The zero-order chi connectivity index (χ0) is 14.4. The highest BCUT2D eigenvalue weighted by molar-refractivity contribution is 7.99. The van der Waals surface area contributed by atoms with E-state index in [1.54, 1.807) is 0 Å². The van der Waals surface area contributed by atoms with Gasteiger partial charge in [0.05, 0.1) is 6.04 Å². The second-order valence-corrected chi connectivity index (χ2v) is 6.59. The van der Waals surface area contributed by atoms with Crippen LogP contribution in [0.3, 0.4) is 0 Å². The highest BCUT2D eigenvalue weighted by Crippen LogP contribution is 2.24. The molecule has 0 radical (unpaired) electrons. The van der Waals surface area contributed by atoms with E-state index in [1.807, 2.05) is 22.7 Å².